The van der Waals surface area contributed by atoms with E-state index in [1.54, 1.807) is 0 Å². The zero-order valence-electron chi connectivity index (χ0n) is 13.7. The number of nitrogens with one attached hydrogen (secondary N) is 1. The van der Waals surface area contributed by atoms with Gasteiger partial charge in [0.05, 0.1) is 6.61 Å². The topological polar surface area (TPSA) is 30.5 Å². The van der Waals surface area contributed by atoms with E-state index in [9.17, 15) is 0 Å². The molecule has 3 aromatic rings. The van der Waals surface area contributed by atoms with Crippen molar-refractivity contribution in [3.05, 3.63) is 84.4 Å². The first kappa shape index (κ1) is 15.9. The molecule has 0 amide bonds. The maximum Gasteiger partial charge on any atom is 0.129 e. The molecule has 0 saturated carbocycles. The SMILES string of the molecule is CCOc1cccc(CNc2cccc(Oc3ccccc3)c2)c1. The van der Waals surface area contributed by atoms with Crippen LogP contribution in [0.3, 0.4) is 0 Å². The minimum absolute atomic E-state index is 0.676. The third-order valence-electron chi connectivity index (χ3n) is 3.52. The molecule has 0 bridgehead atoms. The maximum absolute atomic E-state index is 5.86. The molecule has 3 nitrogen and oxygen atoms in total. The molecule has 0 aliphatic heterocycles. The van der Waals surface area contributed by atoms with Crippen molar-refractivity contribution in [2.75, 3.05) is 11.9 Å². The lowest BCUT2D eigenvalue weighted by atomic mass is 10.2. The van der Waals surface area contributed by atoms with E-state index >= 15 is 0 Å². The first-order valence-corrected chi connectivity index (χ1v) is 8.12. The third kappa shape index (κ3) is 4.53. The highest BCUT2D eigenvalue weighted by molar-refractivity contribution is 5.49. The lowest BCUT2D eigenvalue weighted by Gasteiger charge is -2.11. The van der Waals surface area contributed by atoms with Gasteiger partial charge in [-0.05, 0) is 48.9 Å². The van der Waals surface area contributed by atoms with Crippen molar-refractivity contribution in [3.63, 3.8) is 0 Å². The summed E-state index contributed by atoms with van der Waals surface area (Å²) in [6, 6.07) is 25.9. The average molecular weight is 319 g/mol. The fraction of sp³-hybridized carbons (Fsp3) is 0.143. The van der Waals surface area contributed by atoms with Gasteiger partial charge >= 0.3 is 0 Å². The van der Waals surface area contributed by atoms with Crippen LogP contribution >= 0.6 is 0 Å². The van der Waals surface area contributed by atoms with E-state index in [0.29, 0.717) is 6.61 Å². The summed E-state index contributed by atoms with van der Waals surface area (Å²) in [7, 11) is 0. The fourth-order valence-electron chi connectivity index (χ4n) is 2.41. The van der Waals surface area contributed by atoms with Crippen LogP contribution < -0.4 is 14.8 Å². The van der Waals surface area contributed by atoms with E-state index in [1.165, 1.54) is 5.56 Å². The highest BCUT2D eigenvalue weighted by atomic mass is 16.5. The van der Waals surface area contributed by atoms with E-state index in [1.807, 2.05) is 73.7 Å². The first-order chi connectivity index (χ1) is 11.8. The Labute approximate surface area is 142 Å². The number of ether oxygens (including phenoxy) is 2. The molecule has 0 spiro atoms. The molecule has 0 atom stereocenters. The highest BCUT2D eigenvalue weighted by Crippen LogP contribution is 2.24. The van der Waals surface area contributed by atoms with Crippen LogP contribution in [0.2, 0.25) is 0 Å². The van der Waals surface area contributed by atoms with Crippen molar-refractivity contribution in [1.82, 2.24) is 0 Å². The zero-order valence-corrected chi connectivity index (χ0v) is 13.7. The van der Waals surface area contributed by atoms with E-state index in [2.05, 4.69) is 17.4 Å². The molecule has 0 aliphatic rings. The summed E-state index contributed by atoms with van der Waals surface area (Å²) in [4.78, 5) is 0. The van der Waals surface area contributed by atoms with Crippen LogP contribution in [0.1, 0.15) is 12.5 Å². The second kappa shape index (κ2) is 8.06. The summed E-state index contributed by atoms with van der Waals surface area (Å²) in [5.74, 6) is 2.55. The first-order valence-electron chi connectivity index (χ1n) is 8.12. The zero-order chi connectivity index (χ0) is 16.6. The molecule has 0 heterocycles. The summed E-state index contributed by atoms with van der Waals surface area (Å²) in [6.45, 7) is 3.40. The number of anilines is 1. The summed E-state index contributed by atoms with van der Waals surface area (Å²) in [5.41, 5.74) is 2.19. The van der Waals surface area contributed by atoms with Crippen molar-refractivity contribution < 1.29 is 9.47 Å². The second-order valence-electron chi connectivity index (χ2n) is 5.38. The number of rotatable bonds is 7. The lowest BCUT2D eigenvalue weighted by Crippen LogP contribution is -2.00. The largest absolute Gasteiger partial charge is 0.494 e. The molecule has 0 unspecified atom stereocenters. The van der Waals surface area contributed by atoms with Crippen molar-refractivity contribution in [2.24, 2.45) is 0 Å². The molecule has 0 aliphatic carbocycles. The Balaban J connectivity index is 1.63. The molecule has 3 heteroatoms. The van der Waals surface area contributed by atoms with E-state index in [4.69, 9.17) is 9.47 Å². The average Bonchev–Trinajstić information content (AvgIpc) is 2.62. The molecular formula is C21H21NO2. The van der Waals surface area contributed by atoms with Crippen LogP contribution in [-0.4, -0.2) is 6.61 Å². The summed E-state index contributed by atoms with van der Waals surface area (Å²) in [6.07, 6.45) is 0. The quantitative estimate of drug-likeness (QED) is 0.624. The number of para-hydroxylation sites is 1. The predicted octanol–water partition coefficient (Wildman–Crippen LogP) is 5.49. The van der Waals surface area contributed by atoms with Gasteiger partial charge in [-0.1, -0.05) is 36.4 Å². The van der Waals surface area contributed by atoms with Crippen molar-refractivity contribution in [2.45, 2.75) is 13.5 Å². The maximum atomic E-state index is 5.86. The van der Waals surface area contributed by atoms with Gasteiger partial charge in [0.25, 0.3) is 0 Å². The van der Waals surface area contributed by atoms with Gasteiger partial charge in [0.1, 0.15) is 17.2 Å². The molecule has 0 saturated heterocycles. The normalized spacial score (nSPS) is 10.2. The third-order valence-corrected chi connectivity index (χ3v) is 3.52. The number of hydrogen-bond acceptors (Lipinski definition) is 3. The Morgan fingerprint density at radius 3 is 2.33 bits per heavy atom. The van der Waals surface area contributed by atoms with Crippen molar-refractivity contribution in [1.29, 1.82) is 0 Å². The molecule has 0 aromatic heterocycles. The van der Waals surface area contributed by atoms with Crippen LogP contribution in [0.15, 0.2) is 78.9 Å². The molecule has 3 aromatic carbocycles. The Hall–Kier alpha value is -2.94. The van der Waals surface area contributed by atoms with Gasteiger partial charge < -0.3 is 14.8 Å². The van der Waals surface area contributed by atoms with E-state index in [0.717, 1.165) is 29.5 Å². The van der Waals surface area contributed by atoms with Crippen LogP contribution in [-0.2, 0) is 6.54 Å². The van der Waals surface area contributed by atoms with Gasteiger partial charge in [-0.2, -0.15) is 0 Å². The lowest BCUT2D eigenvalue weighted by molar-refractivity contribution is 0.340. The van der Waals surface area contributed by atoms with Gasteiger partial charge in [-0.15, -0.1) is 0 Å². The van der Waals surface area contributed by atoms with Crippen LogP contribution in [0, 0.1) is 0 Å². The van der Waals surface area contributed by atoms with Crippen LogP contribution in [0.4, 0.5) is 5.69 Å². The fourth-order valence-corrected chi connectivity index (χ4v) is 2.41. The monoisotopic (exact) mass is 319 g/mol. The standard InChI is InChI=1S/C21H21NO2/c1-2-23-20-12-6-8-17(14-20)16-22-18-9-7-13-21(15-18)24-19-10-4-3-5-11-19/h3-15,22H,2,16H2,1H3. The second-order valence-corrected chi connectivity index (χ2v) is 5.38. The van der Waals surface area contributed by atoms with Crippen LogP contribution in [0.25, 0.3) is 0 Å². The van der Waals surface area contributed by atoms with Crippen molar-refractivity contribution in [3.8, 4) is 17.2 Å². The Morgan fingerprint density at radius 1 is 0.750 bits per heavy atom. The van der Waals surface area contributed by atoms with Gasteiger partial charge in [0, 0.05) is 18.3 Å². The van der Waals surface area contributed by atoms with E-state index in [-0.39, 0.29) is 0 Å². The predicted molar refractivity (Wildman–Crippen MR) is 97.9 cm³/mol. The van der Waals surface area contributed by atoms with Crippen LogP contribution in [0.5, 0.6) is 17.2 Å². The summed E-state index contributed by atoms with van der Waals surface area (Å²) < 4.78 is 11.4. The Morgan fingerprint density at radius 2 is 1.50 bits per heavy atom. The smallest absolute Gasteiger partial charge is 0.129 e. The molecule has 122 valence electrons. The Kier molecular flexibility index (Phi) is 5.36. The Bertz CT molecular complexity index is 772. The highest BCUT2D eigenvalue weighted by Gasteiger charge is 2.00. The summed E-state index contributed by atoms with van der Waals surface area (Å²) >= 11 is 0. The molecule has 0 radical (unpaired) electrons. The van der Waals surface area contributed by atoms with Gasteiger partial charge in [0.2, 0.25) is 0 Å². The number of hydrogen-bond donors (Lipinski definition) is 1. The number of benzene rings is 3. The molecule has 1 N–H and O–H groups in total. The molecular weight excluding hydrogens is 298 g/mol. The minimum Gasteiger partial charge on any atom is -0.494 e. The molecule has 24 heavy (non-hydrogen) atoms. The van der Waals surface area contributed by atoms with Gasteiger partial charge in [-0.25, -0.2) is 0 Å². The minimum atomic E-state index is 0.676. The van der Waals surface area contributed by atoms with Crippen molar-refractivity contribution >= 4 is 5.69 Å². The van der Waals surface area contributed by atoms with Gasteiger partial charge in [-0.3, -0.25) is 0 Å². The van der Waals surface area contributed by atoms with E-state index < -0.39 is 0 Å². The van der Waals surface area contributed by atoms with Gasteiger partial charge in [0.15, 0.2) is 0 Å². The summed E-state index contributed by atoms with van der Waals surface area (Å²) in [5, 5.41) is 3.42. The molecule has 3 rings (SSSR count). The molecule has 0 fully saturated rings.